The Labute approximate surface area is 106 Å². The van der Waals surface area contributed by atoms with Crippen molar-refractivity contribution >= 4 is 17.3 Å². The number of hydrogen-bond acceptors (Lipinski definition) is 5. The molecule has 0 aliphatic rings. The Hall–Kier alpha value is -0.940. The van der Waals surface area contributed by atoms with E-state index in [1.807, 2.05) is 6.92 Å². The number of aromatic nitrogens is 1. The highest BCUT2D eigenvalue weighted by Gasteiger charge is 2.15. The molecule has 1 rings (SSSR count). The van der Waals surface area contributed by atoms with Crippen LogP contribution in [0.4, 0.5) is 0 Å². The molecular formula is C12H20N2O2S. The molecule has 0 saturated carbocycles. The van der Waals surface area contributed by atoms with Crippen LogP contribution in [-0.4, -0.2) is 17.6 Å². The number of rotatable bonds is 7. The molecule has 0 atom stereocenters. The standard InChI is InChI=1S/C12H20N2O2S/c1-3-4-5-6-7-16-12(15)11-9(2)14-10(8-13)17-11/h3-8,13H2,1-2H3. The summed E-state index contributed by atoms with van der Waals surface area (Å²) >= 11 is 1.33. The molecule has 0 unspecified atom stereocenters. The maximum Gasteiger partial charge on any atom is 0.350 e. The molecule has 0 bridgehead atoms. The lowest BCUT2D eigenvalue weighted by Gasteiger charge is -2.02. The van der Waals surface area contributed by atoms with Gasteiger partial charge in [0.2, 0.25) is 0 Å². The number of aryl methyl sites for hydroxylation is 1. The van der Waals surface area contributed by atoms with Gasteiger partial charge in [0.15, 0.2) is 0 Å². The van der Waals surface area contributed by atoms with Crippen LogP contribution >= 0.6 is 11.3 Å². The molecule has 0 saturated heterocycles. The van der Waals surface area contributed by atoms with Gasteiger partial charge in [-0.1, -0.05) is 26.2 Å². The molecule has 2 N–H and O–H groups in total. The van der Waals surface area contributed by atoms with Gasteiger partial charge in [0.05, 0.1) is 12.3 Å². The van der Waals surface area contributed by atoms with Crippen molar-refractivity contribution in [2.24, 2.45) is 5.73 Å². The van der Waals surface area contributed by atoms with Gasteiger partial charge in [-0.3, -0.25) is 0 Å². The molecule has 17 heavy (non-hydrogen) atoms. The number of carbonyl (C=O) groups is 1. The number of ether oxygens (including phenoxy) is 1. The topological polar surface area (TPSA) is 65.2 Å². The van der Waals surface area contributed by atoms with Gasteiger partial charge in [-0.15, -0.1) is 11.3 Å². The normalized spacial score (nSPS) is 10.5. The third-order valence-corrected chi connectivity index (χ3v) is 3.59. The average molecular weight is 256 g/mol. The summed E-state index contributed by atoms with van der Waals surface area (Å²) in [5.74, 6) is -0.267. The minimum Gasteiger partial charge on any atom is -0.461 e. The molecule has 0 amide bonds. The van der Waals surface area contributed by atoms with E-state index in [1.165, 1.54) is 24.2 Å². The van der Waals surface area contributed by atoms with Gasteiger partial charge in [-0.25, -0.2) is 9.78 Å². The lowest BCUT2D eigenvalue weighted by atomic mass is 10.2. The number of unbranched alkanes of at least 4 members (excludes halogenated alkanes) is 3. The zero-order valence-corrected chi connectivity index (χ0v) is 11.3. The number of nitrogens with two attached hydrogens (primary N) is 1. The van der Waals surface area contributed by atoms with Gasteiger partial charge in [-0.2, -0.15) is 0 Å². The fourth-order valence-corrected chi connectivity index (χ4v) is 2.33. The minimum absolute atomic E-state index is 0.267. The first-order valence-electron chi connectivity index (χ1n) is 6.02. The molecule has 0 aliphatic heterocycles. The lowest BCUT2D eigenvalue weighted by Crippen LogP contribution is -2.06. The van der Waals surface area contributed by atoms with Crippen molar-refractivity contribution in [3.05, 3.63) is 15.6 Å². The smallest absolute Gasteiger partial charge is 0.350 e. The summed E-state index contributed by atoms with van der Waals surface area (Å²) in [6, 6.07) is 0. The molecule has 0 fully saturated rings. The van der Waals surface area contributed by atoms with E-state index in [-0.39, 0.29) is 5.97 Å². The second-order valence-electron chi connectivity index (χ2n) is 3.92. The van der Waals surface area contributed by atoms with Gasteiger partial charge in [0, 0.05) is 6.54 Å². The largest absolute Gasteiger partial charge is 0.461 e. The number of esters is 1. The molecular weight excluding hydrogens is 236 g/mol. The van der Waals surface area contributed by atoms with E-state index < -0.39 is 0 Å². The summed E-state index contributed by atoms with van der Waals surface area (Å²) in [6.45, 7) is 4.83. The highest BCUT2D eigenvalue weighted by molar-refractivity contribution is 7.13. The van der Waals surface area contributed by atoms with Crippen molar-refractivity contribution < 1.29 is 9.53 Å². The van der Waals surface area contributed by atoms with Crippen molar-refractivity contribution in [1.29, 1.82) is 0 Å². The van der Waals surface area contributed by atoms with Crippen LogP contribution in [0, 0.1) is 6.92 Å². The van der Waals surface area contributed by atoms with Crippen molar-refractivity contribution in [2.45, 2.75) is 46.1 Å². The minimum atomic E-state index is -0.267. The second-order valence-corrected chi connectivity index (χ2v) is 5.01. The van der Waals surface area contributed by atoms with Crippen molar-refractivity contribution in [3.63, 3.8) is 0 Å². The monoisotopic (exact) mass is 256 g/mol. The summed E-state index contributed by atoms with van der Waals surface area (Å²) in [4.78, 5) is 16.5. The van der Waals surface area contributed by atoms with Gasteiger partial charge < -0.3 is 10.5 Å². The summed E-state index contributed by atoms with van der Waals surface area (Å²) in [5, 5.41) is 0.778. The number of hydrogen-bond donors (Lipinski definition) is 1. The quantitative estimate of drug-likeness (QED) is 0.601. The first-order valence-corrected chi connectivity index (χ1v) is 6.84. The maximum atomic E-state index is 11.7. The van der Waals surface area contributed by atoms with E-state index in [2.05, 4.69) is 11.9 Å². The molecule has 96 valence electrons. The van der Waals surface area contributed by atoms with Crippen LogP contribution in [-0.2, 0) is 11.3 Å². The maximum absolute atomic E-state index is 11.7. The number of nitrogens with zero attached hydrogens (tertiary/aromatic N) is 1. The van der Waals surface area contributed by atoms with Crippen LogP contribution in [0.1, 0.15) is 53.0 Å². The molecule has 0 aromatic carbocycles. The predicted octanol–water partition coefficient (Wildman–Crippen LogP) is 2.65. The van der Waals surface area contributed by atoms with Gasteiger partial charge in [-0.05, 0) is 13.3 Å². The van der Waals surface area contributed by atoms with Crippen LogP contribution in [0.5, 0.6) is 0 Å². The summed E-state index contributed by atoms with van der Waals surface area (Å²) < 4.78 is 5.20. The Balaban J connectivity index is 2.38. The van der Waals surface area contributed by atoms with Crippen molar-refractivity contribution in [2.75, 3.05) is 6.61 Å². The number of carbonyl (C=O) groups excluding carboxylic acids is 1. The van der Waals surface area contributed by atoms with Crippen molar-refractivity contribution in [1.82, 2.24) is 4.98 Å². The Morgan fingerprint density at radius 1 is 1.41 bits per heavy atom. The van der Waals surface area contributed by atoms with Gasteiger partial charge >= 0.3 is 5.97 Å². The van der Waals surface area contributed by atoms with Crippen LogP contribution in [0.15, 0.2) is 0 Å². The fourth-order valence-electron chi connectivity index (χ4n) is 1.49. The molecule has 1 heterocycles. The van der Waals surface area contributed by atoms with Crippen LogP contribution < -0.4 is 5.73 Å². The van der Waals surface area contributed by atoms with E-state index >= 15 is 0 Å². The molecule has 0 aliphatic carbocycles. The predicted molar refractivity (Wildman–Crippen MR) is 69.2 cm³/mol. The number of thiazole rings is 1. The highest BCUT2D eigenvalue weighted by atomic mass is 32.1. The summed E-state index contributed by atoms with van der Waals surface area (Å²) in [7, 11) is 0. The van der Waals surface area contributed by atoms with E-state index in [0.29, 0.717) is 23.7 Å². The Morgan fingerprint density at radius 3 is 2.76 bits per heavy atom. The first kappa shape index (κ1) is 14.1. The van der Waals surface area contributed by atoms with E-state index in [1.54, 1.807) is 0 Å². The summed E-state index contributed by atoms with van der Waals surface area (Å²) in [6.07, 6.45) is 4.41. The zero-order chi connectivity index (χ0) is 12.7. The third kappa shape index (κ3) is 4.44. The Bertz CT molecular complexity index is 363. The van der Waals surface area contributed by atoms with Crippen molar-refractivity contribution in [3.8, 4) is 0 Å². The molecule has 0 radical (unpaired) electrons. The summed E-state index contributed by atoms with van der Waals surface area (Å²) in [5.41, 5.74) is 6.20. The van der Waals surface area contributed by atoms with Gasteiger partial charge in [0.25, 0.3) is 0 Å². The average Bonchev–Trinajstić information content (AvgIpc) is 2.70. The first-order chi connectivity index (χ1) is 8.19. The molecule has 1 aromatic rings. The highest BCUT2D eigenvalue weighted by Crippen LogP contribution is 2.18. The SMILES string of the molecule is CCCCCCOC(=O)c1sc(CN)nc1C. The third-order valence-electron chi connectivity index (χ3n) is 2.43. The molecule has 5 heteroatoms. The van der Waals surface area contributed by atoms with Gasteiger partial charge in [0.1, 0.15) is 9.88 Å². The Kier molecular flexibility index (Phi) is 6.15. The van der Waals surface area contributed by atoms with Crippen LogP contribution in [0.25, 0.3) is 0 Å². The zero-order valence-electron chi connectivity index (χ0n) is 10.5. The Morgan fingerprint density at radius 2 is 2.18 bits per heavy atom. The lowest BCUT2D eigenvalue weighted by molar-refractivity contribution is 0.0502. The molecule has 0 spiro atoms. The fraction of sp³-hybridized carbons (Fsp3) is 0.667. The van der Waals surface area contributed by atoms with E-state index in [0.717, 1.165) is 17.8 Å². The van der Waals surface area contributed by atoms with Crippen LogP contribution in [0.2, 0.25) is 0 Å². The molecule has 1 aromatic heterocycles. The molecule has 4 nitrogen and oxygen atoms in total. The van der Waals surface area contributed by atoms with E-state index in [9.17, 15) is 4.79 Å². The second kappa shape index (κ2) is 7.40. The van der Waals surface area contributed by atoms with Crippen LogP contribution in [0.3, 0.4) is 0 Å². The van der Waals surface area contributed by atoms with E-state index in [4.69, 9.17) is 10.5 Å².